The summed E-state index contributed by atoms with van der Waals surface area (Å²) in [6.45, 7) is 3.63. The van der Waals surface area contributed by atoms with Crippen LogP contribution >= 0.6 is 0 Å². The van der Waals surface area contributed by atoms with Crippen LogP contribution in [0.3, 0.4) is 0 Å². The molecule has 0 spiro atoms. The van der Waals surface area contributed by atoms with Crippen molar-refractivity contribution < 1.29 is 0 Å². The van der Waals surface area contributed by atoms with Gasteiger partial charge < -0.3 is 11.6 Å². The molecule has 1 heterocycles. The number of aryl methyl sites for hydroxylation is 1. The van der Waals surface area contributed by atoms with Crippen molar-refractivity contribution in [3.05, 3.63) is 17.5 Å². The number of hydrogen-bond donors (Lipinski definition) is 2. The Morgan fingerprint density at radius 3 is 2.75 bits per heavy atom. The fourth-order valence-corrected chi connectivity index (χ4v) is 0.910. The molecule has 0 saturated carbocycles. The Bertz CT molecular complexity index is 318. The third kappa shape index (κ3) is 1.50. The van der Waals surface area contributed by atoms with Gasteiger partial charge in [-0.05, 0) is 13.8 Å². The molecule has 0 aliphatic heterocycles. The van der Waals surface area contributed by atoms with Crippen LogP contribution in [0.4, 0.5) is 5.95 Å². The van der Waals surface area contributed by atoms with Crippen molar-refractivity contribution in [1.82, 2.24) is 9.97 Å². The molecular weight excluding hydrogens is 154 g/mol. The van der Waals surface area contributed by atoms with E-state index in [1.807, 2.05) is 6.92 Å². The number of hydrazone groups is 1. The number of rotatable bonds is 1. The van der Waals surface area contributed by atoms with E-state index in [-0.39, 0.29) is 5.95 Å². The Balaban J connectivity index is 3.18. The van der Waals surface area contributed by atoms with Gasteiger partial charge in [0.25, 0.3) is 0 Å². The first-order chi connectivity index (χ1) is 5.65. The van der Waals surface area contributed by atoms with Crippen LogP contribution in [0, 0.1) is 6.92 Å². The van der Waals surface area contributed by atoms with E-state index in [2.05, 4.69) is 15.1 Å². The highest BCUT2D eigenvalue weighted by Gasteiger charge is 2.03. The predicted octanol–water partition coefficient (Wildman–Crippen LogP) is 0.0499. The summed E-state index contributed by atoms with van der Waals surface area (Å²) in [6.07, 6.45) is 1.61. The first-order valence-electron chi connectivity index (χ1n) is 3.49. The van der Waals surface area contributed by atoms with E-state index in [0.717, 1.165) is 11.3 Å². The van der Waals surface area contributed by atoms with Crippen molar-refractivity contribution in [1.29, 1.82) is 0 Å². The van der Waals surface area contributed by atoms with Crippen LogP contribution in [0.2, 0.25) is 0 Å². The van der Waals surface area contributed by atoms with Gasteiger partial charge in [0.1, 0.15) is 0 Å². The molecule has 4 N–H and O–H groups in total. The van der Waals surface area contributed by atoms with Gasteiger partial charge in [-0.1, -0.05) is 0 Å². The summed E-state index contributed by atoms with van der Waals surface area (Å²) in [5, 5.41) is 3.55. The van der Waals surface area contributed by atoms with E-state index in [0.29, 0.717) is 5.71 Å². The summed E-state index contributed by atoms with van der Waals surface area (Å²) in [7, 11) is 0. The highest BCUT2D eigenvalue weighted by atomic mass is 15.1. The average molecular weight is 165 g/mol. The van der Waals surface area contributed by atoms with Crippen LogP contribution in [-0.4, -0.2) is 15.7 Å². The zero-order valence-corrected chi connectivity index (χ0v) is 7.07. The molecular formula is C7H11N5. The second-order valence-corrected chi connectivity index (χ2v) is 2.44. The zero-order chi connectivity index (χ0) is 9.14. The fraction of sp³-hybridized carbons (Fsp3) is 0.286. The molecule has 0 radical (unpaired) electrons. The number of aromatic nitrogens is 2. The normalized spacial score (nSPS) is 11.7. The van der Waals surface area contributed by atoms with Gasteiger partial charge >= 0.3 is 0 Å². The zero-order valence-electron chi connectivity index (χ0n) is 7.07. The molecule has 0 aliphatic carbocycles. The summed E-state index contributed by atoms with van der Waals surface area (Å²) >= 11 is 0. The fourth-order valence-electron chi connectivity index (χ4n) is 0.910. The maximum Gasteiger partial charge on any atom is 0.220 e. The summed E-state index contributed by atoms with van der Waals surface area (Å²) in [6, 6.07) is 0. The van der Waals surface area contributed by atoms with Gasteiger partial charge in [-0.2, -0.15) is 5.10 Å². The first-order valence-corrected chi connectivity index (χ1v) is 3.49. The standard InChI is InChI=1S/C7H11N5/c1-4-6(5(2)12-9)3-10-7(8)11-4/h3H,9H2,1-2H3,(H2,8,10,11)/b12-5-. The quantitative estimate of drug-likeness (QED) is 0.349. The van der Waals surface area contributed by atoms with E-state index in [1.54, 1.807) is 13.1 Å². The van der Waals surface area contributed by atoms with Gasteiger partial charge in [0.05, 0.1) is 11.4 Å². The van der Waals surface area contributed by atoms with Crippen LogP contribution in [-0.2, 0) is 0 Å². The van der Waals surface area contributed by atoms with Crippen molar-refractivity contribution in [2.75, 3.05) is 5.73 Å². The molecule has 0 atom stereocenters. The highest BCUT2D eigenvalue weighted by molar-refractivity contribution is 5.99. The predicted molar refractivity (Wildman–Crippen MR) is 47.6 cm³/mol. The minimum atomic E-state index is 0.265. The molecule has 0 amide bonds. The molecule has 1 aromatic rings. The largest absolute Gasteiger partial charge is 0.368 e. The Labute approximate surface area is 70.5 Å². The highest BCUT2D eigenvalue weighted by Crippen LogP contribution is 2.05. The SMILES string of the molecule is C/C(=N/N)c1cnc(N)nc1C. The summed E-state index contributed by atoms with van der Waals surface area (Å²) in [4.78, 5) is 7.81. The topological polar surface area (TPSA) is 90.2 Å². The Morgan fingerprint density at radius 2 is 2.25 bits per heavy atom. The molecule has 0 saturated heterocycles. The van der Waals surface area contributed by atoms with Gasteiger partial charge in [0.2, 0.25) is 5.95 Å². The molecule has 0 aromatic carbocycles. The second kappa shape index (κ2) is 3.17. The molecule has 5 nitrogen and oxygen atoms in total. The van der Waals surface area contributed by atoms with Gasteiger partial charge in [-0.15, -0.1) is 0 Å². The monoisotopic (exact) mass is 165 g/mol. The molecule has 1 rings (SSSR count). The van der Waals surface area contributed by atoms with Gasteiger partial charge in [0.15, 0.2) is 0 Å². The first kappa shape index (κ1) is 8.45. The molecule has 12 heavy (non-hydrogen) atoms. The maximum atomic E-state index is 5.38. The smallest absolute Gasteiger partial charge is 0.220 e. The second-order valence-electron chi connectivity index (χ2n) is 2.44. The van der Waals surface area contributed by atoms with E-state index in [9.17, 15) is 0 Å². The van der Waals surface area contributed by atoms with Gasteiger partial charge in [-0.25, -0.2) is 9.97 Å². The van der Waals surface area contributed by atoms with Crippen molar-refractivity contribution in [2.45, 2.75) is 13.8 Å². The molecule has 1 aromatic heterocycles. The third-order valence-electron chi connectivity index (χ3n) is 1.58. The summed E-state index contributed by atoms with van der Waals surface area (Å²) < 4.78 is 0. The third-order valence-corrected chi connectivity index (χ3v) is 1.58. The average Bonchev–Trinajstić information content (AvgIpc) is 2.03. The lowest BCUT2D eigenvalue weighted by Gasteiger charge is -2.02. The number of hydrogen-bond acceptors (Lipinski definition) is 5. The van der Waals surface area contributed by atoms with E-state index in [1.165, 1.54) is 0 Å². The van der Waals surface area contributed by atoms with Crippen LogP contribution in [0.1, 0.15) is 18.2 Å². The van der Waals surface area contributed by atoms with Crippen LogP contribution in [0.5, 0.6) is 0 Å². The van der Waals surface area contributed by atoms with Crippen molar-refractivity contribution in [3.63, 3.8) is 0 Å². The molecule has 64 valence electrons. The summed E-state index contributed by atoms with van der Waals surface area (Å²) in [5.41, 5.74) is 7.69. The Kier molecular flexibility index (Phi) is 2.23. The van der Waals surface area contributed by atoms with Crippen LogP contribution in [0.15, 0.2) is 11.3 Å². The lowest BCUT2D eigenvalue weighted by atomic mass is 10.2. The number of anilines is 1. The number of nitrogens with zero attached hydrogens (tertiary/aromatic N) is 3. The lowest BCUT2D eigenvalue weighted by Crippen LogP contribution is -2.06. The van der Waals surface area contributed by atoms with Crippen molar-refractivity contribution in [2.24, 2.45) is 10.9 Å². The van der Waals surface area contributed by atoms with Crippen LogP contribution < -0.4 is 11.6 Å². The van der Waals surface area contributed by atoms with Crippen LogP contribution in [0.25, 0.3) is 0 Å². The molecule has 5 heteroatoms. The van der Waals surface area contributed by atoms with E-state index >= 15 is 0 Å². The Hall–Kier alpha value is -1.65. The molecule has 0 fully saturated rings. The molecule has 0 unspecified atom stereocenters. The molecule has 0 bridgehead atoms. The van der Waals surface area contributed by atoms with Gasteiger partial charge in [0, 0.05) is 11.8 Å². The minimum absolute atomic E-state index is 0.265. The minimum Gasteiger partial charge on any atom is -0.368 e. The number of nitrogen functional groups attached to an aromatic ring is 1. The Morgan fingerprint density at radius 1 is 1.58 bits per heavy atom. The lowest BCUT2D eigenvalue weighted by molar-refractivity contribution is 1.10. The molecule has 0 aliphatic rings. The van der Waals surface area contributed by atoms with E-state index < -0.39 is 0 Å². The van der Waals surface area contributed by atoms with E-state index in [4.69, 9.17) is 11.6 Å². The maximum absolute atomic E-state index is 5.38. The van der Waals surface area contributed by atoms with Crippen molar-refractivity contribution in [3.8, 4) is 0 Å². The number of nitrogens with two attached hydrogens (primary N) is 2. The van der Waals surface area contributed by atoms with Crippen molar-refractivity contribution >= 4 is 11.7 Å². The van der Waals surface area contributed by atoms with Gasteiger partial charge in [-0.3, -0.25) is 0 Å². The summed E-state index contributed by atoms with van der Waals surface area (Å²) in [5.74, 6) is 5.38.